The summed E-state index contributed by atoms with van der Waals surface area (Å²) in [6.07, 6.45) is 0.284. The number of primary amides is 1. The molecule has 18 heavy (non-hydrogen) atoms. The number of hydrogen-bond acceptors (Lipinski definition) is 2. The minimum Gasteiger partial charge on any atom is -0.381 e. The zero-order valence-corrected chi connectivity index (χ0v) is 10.1. The number of hydrogen-bond donors (Lipinski definition) is 2. The first-order valence-electron chi connectivity index (χ1n) is 5.90. The Morgan fingerprint density at radius 2 is 1.56 bits per heavy atom. The molecule has 0 heterocycles. The van der Waals surface area contributed by atoms with Crippen molar-refractivity contribution in [3.05, 3.63) is 65.7 Å². The van der Waals surface area contributed by atoms with Crippen LogP contribution in [0.5, 0.6) is 0 Å². The number of para-hydroxylation sites is 1. The number of anilines is 1. The molecule has 92 valence electrons. The van der Waals surface area contributed by atoms with Gasteiger partial charge in [-0.2, -0.15) is 0 Å². The fourth-order valence-electron chi connectivity index (χ4n) is 1.84. The third kappa shape index (κ3) is 3.35. The van der Waals surface area contributed by atoms with Crippen LogP contribution < -0.4 is 11.1 Å². The summed E-state index contributed by atoms with van der Waals surface area (Å²) in [6.45, 7) is 0.688. The van der Waals surface area contributed by atoms with Crippen LogP contribution in [0.15, 0.2) is 54.6 Å². The maximum absolute atomic E-state index is 11.0. The van der Waals surface area contributed by atoms with Gasteiger partial charge in [-0.05, 0) is 23.3 Å². The van der Waals surface area contributed by atoms with Gasteiger partial charge in [0.05, 0.1) is 6.42 Å². The summed E-state index contributed by atoms with van der Waals surface area (Å²) in [5.41, 5.74) is 8.38. The van der Waals surface area contributed by atoms with E-state index in [-0.39, 0.29) is 12.3 Å². The van der Waals surface area contributed by atoms with Crippen molar-refractivity contribution in [3.63, 3.8) is 0 Å². The number of benzene rings is 2. The van der Waals surface area contributed by atoms with Crippen LogP contribution in [0, 0.1) is 0 Å². The number of rotatable bonds is 5. The Labute approximate surface area is 107 Å². The van der Waals surface area contributed by atoms with Gasteiger partial charge in [0, 0.05) is 12.2 Å². The molecule has 0 aliphatic carbocycles. The van der Waals surface area contributed by atoms with Crippen LogP contribution in [0.4, 0.5) is 5.69 Å². The van der Waals surface area contributed by atoms with E-state index in [1.165, 1.54) is 0 Å². The molecule has 1 amide bonds. The summed E-state index contributed by atoms with van der Waals surface area (Å²) in [5.74, 6) is -0.304. The van der Waals surface area contributed by atoms with Crippen molar-refractivity contribution in [2.45, 2.75) is 13.0 Å². The van der Waals surface area contributed by atoms with Crippen LogP contribution >= 0.6 is 0 Å². The molecule has 0 bridgehead atoms. The lowest BCUT2D eigenvalue weighted by atomic mass is 10.0. The van der Waals surface area contributed by atoms with E-state index < -0.39 is 0 Å². The van der Waals surface area contributed by atoms with Crippen molar-refractivity contribution in [2.75, 3.05) is 5.32 Å². The number of nitrogens with one attached hydrogen (secondary N) is 1. The Kier molecular flexibility index (Phi) is 3.97. The molecule has 0 aliphatic heterocycles. The zero-order valence-electron chi connectivity index (χ0n) is 10.1. The van der Waals surface area contributed by atoms with Crippen LogP contribution in [-0.2, 0) is 17.8 Å². The van der Waals surface area contributed by atoms with Crippen LogP contribution in [0.25, 0.3) is 0 Å². The first-order chi connectivity index (χ1) is 8.75. The smallest absolute Gasteiger partial charge is 0.221 e. The van der Waals surface area contributed by atoms with Crippen LogP contribution in [0.2, 0.25) is 0 Å². The van der Waals surface area contributed by atoms with Crippen molar-refractivity contribution in [1.82, 2.24) is 0 Å². The SMILES string of the molecule is NC(=O)Cc1ccccc1CNc1ccccc1. The van der Waals surface area contributed by atoms with E-state index in [2.05, 4.69) is 5.32 Å². The van der Waals surface area contributed by atoms with E-state index >= 15 is 0 Å². The predicted molar refractivity (Wildman–Crippen MR) is 73.1 cm³/mol. The normalized spacial score (nSPS) is 10.0. The highest BCUT2D eigenvalue weighted by Gasteiger charge is 2.04. The second-order valence-corrected chi connectivity index (χ2v) is 4.13. The summed E-state index contributed by atoms with van der Waals surface area (Å²) >= 11 is 0. The van der Waals surface area contributed by atoms with Gasteiger partial charge in [-0.25, -0.2) is 0 Å². The second kappa shape index (κ2) is 5.87. The maximum Gasteiger partial charge on any atom is 0.221 e. The predicted octanol–water partition coefficient (Wildman–Crippen LogP) is 2.33. The monoisotopic (exact) mass is 240 g/mol. The highest BCUT2D eigenvalue weighted by Crippen LogP contribution is 2.13. The second-order valence-electron chi connectivity index (χ2n) is 4.13. The fourth-order valence-corrected chi connectivity index (χ4v) is 1.84. The molecule has 2 aromatic rings. The largest absolute Gasteiger partial charge is 0.381 e. The molecule has 0 aromatic heterocycles. The van der Waals surface area contributed by atoms with Crippen LogP contribution in [-0.4, -0.2) is 5.91 Å². The average molecular weight is 240 g/mol. The van der Waals surface area contributed by atoms with Crippen molar-refractivity contribution >= 4 is 11.6 Å². The average Bonchev–Trinajstić information content (AvgIpc) is 2.38. The molecule has 0 aliphatic rings. The fraction of sp³-hybridized carbons (Fsp3) is 0.133. The zero-order chi connectivity index (χ0) is 12.8. The Morgan fingerprint density at radius 1 is 0.944 bits per heavy atom. The molecule has 3 N–H and O–H groups in total. The van der Waals surface area contributed by atoms with Gasteiger partial charge in [0.25, 0.3) is 0 Å². The van der Waals surface area contributed by atoms with Gasteiger partial charge in [-0.1, -0.05) is 42.5 Å². The molecule has 0 unspecified atom stereocenters. The highest BCUT2D eigenvalue weighted by molar-refractivity contribution is 5.77. The van der Waals surface area contributed by atoms with Gasteiger partial charge in [0.15, 0.2) is 0 Å². The van der Waals surface area contributed by atoms with Gasteiger partial charge in [0.2, 0.25) is 5.91 Å². The number of carbonyl (C=O) groups is 1. The van der Waals surface area contributed by atoms with Crippen molar-refractivity contribution in [3.8, 4) is 0 Å². The van der Waals surface area contributed by atoms with Gasteiger partial charge in [-0.15, -0.1) is 0 Å². The summed E-state index contributed by atoms with van der Waals surface area (Å²) < 4.78 is 0. The van der Waals surface area contributed by atoms with Crippen LogP contribution in [0.1, 0.15) is 11.1 Å². The summed E-state index contributed by atoms with van der Waals surface area (Å²) in [7, 11) is 0. The van der Waals surface area contributed by atoms with Crippen LogP contribution in [0.3, 0.4) is 0 Å². The topological polar surface area (TPSA) is 55.1 Å². The Morgan fingerprint density at radius 3 is 2.22 bits per heavy atom. The maximum atomic E-state index is 11.0. The number of nitrogens with two attached hydrogens (primary N) is 1. The molecule has 2 aromatic carbocycles. The van der Waals surface area contributed by atoms with Gasteiger partial charge < -0.3 is 11.1 Å². The Bertz CT molecular complexity index is 523. The standard InChI is InChI=1S/C15H16N2O/c16-15(18)10-12-6-4-5-7-13(12)11-17-14-8-2-1-3-9-14/h1-9,17H,10-11H2,(H2,16,18). The van der Waals surface area contributed by atoms with E-state index in [1.54, 1.807) is 0 Å². The van der Waals surface area contributed by atoms with Crippen molar-refractivity contribution in [1.29, 1.82) is 0 Å². The van der Waals surface area contributed by atoms with Gasteiger partial charge in [-0.3, -0.25) is 4.79 Å². The lowest BCUT2D eigenvalue weighted by Gasteiger charge is -2.10. The molecular formula is C15H16N2O. The molecule has 0 atom stereocenters. The lowest BCUT2D eigenvalue weighted by Crippen LogP contribution is -2.15. The number of amides is 1. The molecule has 3 heteroatoms. The van der Waals surface area contributed by atoms with E-state index in [0.717, 1.165) is 16.8 Å². The Hall–Kier alpha value is -2.29. The molecule has 0 spiro atoms. The summed E-state index contributed by atoms with van der Waals surface area (Å²) in [6, 6.07) is 17.8. The lowest BCUT2D eigenvalue weighted by molar-refractivity contribution is -0.117. The minimum absolute atomic E-state index is 0.284. The van der Waals surface area contributed by atoms with Gasteiger partial charge >= 0.3 is 0 Å². The third-order valence-corrected chi connectivity index (χ3v) is 2.74. The van der Waals surface area contributed by atoms with Crippen molar-refractivity contribution < 1.29 is 4.79 Å². The van der Waals surface area contributed by atoms with E-state index in [1.807, 2.05) is 54.6 Å². The quantitative estimate of drug-likeness (QED) is 0.842. The Balaban J connectivity index is 2.07. The highest BCUT2D eigenvalue weighted by atomic mass is 16.1. The molecule has 0 fully saturated rings. The third-order valence-electron chi connectivity index (χ3n) is 2.74. The molecule has 0 radical (unpaired) electrons. The van der Waals surface area contributed by atoms with Gasteiger partial charge in [0.1, 0.15) is 0 Å². The molecule has 3 nitrogen and oxygen atoms in total. The number of carbonyl (C=O) groups excluding carboxylic acids is 1. The molecule has 2 rings (SSSR count). The van der Waals surface area contributed by atoms with E-state index in [9.17, 15) is 4.79 Å². The van der Waals surface area contributed by atoms with Crippen molar-refractivity contribution in [2.24, 2.45) is 5.73 Å². The summed E-state index contributed by atoms with van der Waals surface area (Å²) in [4.78, 5) is 11.0. The molecular weight excluding hydrogens is 224 g/mol. The van der Waals surface area contributed by atoms with E-state index in [4.69, 9.17) is 5.73 Å². The first-order valence-corrected chi connectivity index (χ1v) is 5.90. The molecule has 0 saturated heterocycles. The minimum atomic E-state index is -0.304. The summed E-state index contributed by atoms with van der Waals surface area (Å²) in [5, 5.41) is 3.32. The molecule has 0 saturated carbocycles. The first kappa shape index (κ1) is 12.2. The van der Waals surface area contributed by atoms with E-state index in [0.29, 0.717) is 6.54 Å².